The quantitative estimate of drug-likeness (QED) is 0.763. The van der Waals surface area contributed by atoms with Gasteiger partial charge < -0.3 is 0 Å². The van der Waals surface area contributed by atoms with E-state index < -0.39 is 0 Å². The molecule has 0 radical (unpaired) electrons. The summed E-state index contributed by atoms with van der Waals surface area (Å²) < 4.78 is 3.19. The van der Waals surface area contributed by atoms with Gasteiger partial charge in [0, 0.05) is 0 Å². The first-order chi connectivity index (χ1) is 7.18. The van der Waals surface area contributed by atoms with Gasteiger partial charge >= 0.3 is 94.6 Å². The van der Waals surface area contributed by atoms with Crippen molar-refractivity contribution in [1.82, 2.24) is 8.46 Å². The molecule has 0 fully saturated rings. The maximum atomic E-state index is 11.9. The van der Waals surface area contributed by atoms with E-state index in [1.165, 1.54) is 4.26 Å². The SMILES string of the molecule is CN(C)CCn1[se]c2ccccc2c1=O. The molecule has 0 N–H and O–H groups in total. The van der Waals surface area contributed by atoms with Crippen LogP contribution in [-0.4, -0.2) is 43.8 Å². The molecule has 1 aromatic heterocycles. The molecule has 0 bridgehead atoms. The second kappa shape index (κ2) is 4.35. The van der Waals surface area contributed by atoms with Crippen LogP contribution in [0.5, 0.6) is 0 Å². The summed E-state index contributed by atoms with van der Waals surface area (Å²) in [7, 11) is 4.06. The van der Waals surface area contributed by atoms with Crippen LogP contribution in [0, 0.1) is 0 Å². The molecule has 15 heavy (non-hydrogen) atoms. The van der Waals surface area contributed by atoms with Gasteiger partial charge in [-0.2, -0.15) is 0 Å². The maximum absolute atomic E-state index is 11.9. The molecule has 0 saturated heterocycles. The number of benzene rings is 1. The molecule has 0 spiro atoms. The molecule has 1 heterocycles. The summed E-state index contributed by atoms with van der Waals surface area (Å²) in [5, 5.41) is 0.899. The van der Waals surface area contributed by atoms with Crippen LogP contribution in [0.4, 0.5) is 0 Å². The van der Waals surface area contributed by atoms with Gasteiger partial charge in [-0.3, -0.25) is 0 Å². The average molecular weight is 269 g/mol. The first-order valence-corrected chi connectivity index (χ1v) is 6.54. The Hall–Kier alpha value is -0.831. The molecule has 4 heteroatoms. The number of nitrogens with zero attached hydrogens (tertiary/aromatic N) is 2. The Bertz CT molecular complexity index is 513. The van der Waals surface area contributed by atoms with E-state index in [2.05, 4.69) is 11.0 Å². The molecule has 3 nitrogen and oxygen atoms in total. The van der Waals surface area contributed by atoms with Crippen LogP contribution < -0.4 is 5.56 Å². The molecule has 1 aromatic carbocycles. The molecule has 0 aliphatic rings. The van der Waals surface area contributed by atoms with E-state index in [0.717, 1.165) is 18.5 Å². The molecule has 0 aliphatic carbocycles. The van der Waals surface area contributed by atoms with Crippen molar-refractivity contribution >= 4 is 24.4 Å². The Morgan fingerprint density at radius 2 is 2.07 bits per heavy atom. The Morgan fingerprint density at radius 1 is 1.33 bits per heavy atom. The van der Waals surface area contributed by atoms with Gasteiger partial charge in [-0.15, -0.1) is 0 Å². The third kappa shape index (κ3) is 2.23. The van der Waals surface area contributed by atoms with Crippen LogP contribution in [0.2, 0.25) is 0 Å². The average Bonchev–Trinajstić information content (AvgIpc) is 2.54. The summed E-state index contributed by atoms with van der Waals surface area (Å²) in [6, 6.07) is 7.92. The van der Waals surface area contributed by atoms with Crippen molar-refractivity contribution in [1.29, 1.82) is 0 Å². The summed E-state index contributed by atoms with van der Waals surface area (Å²) in [6.45, 7) is 1.77. The number of rotatable bonds is 3. The van der Waals surface area contributed by atoms with E-state index in [-0.39, 0.29) is 20.3 Å². The van der Waals surface area contributed by atoms with Gasteiger partial charge in [0.25, 0.3) is 0 Å². The first-order valence-electron chi connectivity index (χ1n) is 4.92. The van der Waals surface area contributed by atoms with Gasteiger partial charge in [-0.1, -0.05) is 0 Å². The van der Waals surface area contributed by atoms with E-state index in [9.17, 15) is 4.79 Å². The van der Waals surface area contributed by atoms with E-state index in [0.29, 0.717) is 0 Å². The van der Waals surface area contributed by atoms with Gasteiger partial charge in [-0.25, -0.2) is 0 Å². The Balaban J connectivity index is 2.36. The molecule has 2 aromatic rings. The van der Waals surface area contributed by atoms with Gasteiger partial charge in [0.15, 0.2) is 0 Å². The van der Waals surface area contributed by atoms with E-state index in [4.69, 9.17) is 0 Å². The summed E-state index contributed by atoms with van der Waals surface area (Å²) in [6.07, 6.45) is 0. The summed E-state index contributed by atoms with van der Waals surface area (Å²) in [5.74, 6) is 0. The molecule has 2 rings (SSSR count). The molecule has 0 saturated carbocycles. The molecule has 0 atom stereocenters. The van der Waals surface area contributed by atoms with Gasteiger partial charge in [0.05, 0.1) is 0 Å². The molecular weight excluding hydrogens is 255 g/mol. The van der Waals surface area contributed by atoms with Crippen LogP contribution in [0.3, 0.4) is 0 Å². The molecular formula is C11H14N2OSe. The van der Waals surface area contributed by atoms with Crippen LogP contribution in [0.1, 0.15) is 0 Å². The first kappa shape index (κ1) is 10.7. The zero-order valence-corrected chi connectivity index (χ0v) is 10.6. The summed E-state index contributed by atoms with van der Waals surface area (Å²) in [5.41, 5.74) is 0.201. The Labute approximate surface area is 94.9 Å². The molecule has 0 amide bonds. The zero-order chi connectivity index (χ0) is 10.8. The topological polar surface area (TPSA) is 25.2 Å². The second-order valence-corrected chi connectivity index (χ2v) is 6.03. The standard InChI is InChI=1S/C11H14N2OSe/c1-12(2)7-8-13-11(14)9-5-3-4-6-10(9)15-13/h3-6H,7-8H2,1-2H3. The fourth-order valence-corrected chi connectivity index (χ4v) is 3.52. The molecule has 0 aliphatic heterocycles. The van der Waals surface area contributed by atoms with Crippen molar-refractivity contribution in [2.45, 2.75) is 6.54 Å². The third-order valence-corrected chi connectivity index (χ3v) is 4.66. The van der Waals surface area contributed by atoms with Crippen molar-refractivity contribution in [2.24, 2.45) is 0 Å². The van der Waals surface area contributed by atoms with Gasteiger partial charge in [0.2, 0.25) is 0 Å². The second-order valence-electron chi connectivity index (χ2n) is 3.80. The summed E-state index contributed by atoms with van der Waals surface area (Å²) in [4.78, 5) is 14.0. The zero-order valence-electron chi connectivity index (χ0n) is 8.93. The number of aromatic nitrogens is 1. The van der Waals surface area contributed by atoms with Crippen molar-refractivity contribution in [3.05, 3.63) is 34.6 Å². The Kier molecular flexibility index (Phi) is 3.10. The minimum atomic E-state index is 0.184. The monoisotopic (exact) mass is 270 g/mol. The predicted octanol–water partition coefficient (Wildman–Crippen LogP) is 0.620. The number of hydrogen-bond donors (Lipinski definition) is 0. The number of fused-ring (bicyclic) bond motifs is 1. The van der Waals surface area contributed by atoms with Crippen molar-refractivity contribution in [2.75, 3.05) is 20.6 Å². The fraction of sp³-hybridized carbons (Fsp3) is 0.364. The van der Waals surface area contributed by atoms with E-state index in [1.54, 1.807) is 0 Å². The number of likely N-dealkylation sites (N-methyl/N-ethyl adjacent to an activating group) is 1. The van der Waals surface area contributed by atoms with Crippen LogP contribution in [0.25, 0.3) is 9.65 Å². The molecule has 0 unspecified atom stereocenters. The van der Waals surface area contributed by atoms with Crippen LogP contribution >= 0.6 is 0 Å². The summed E-state index contributed by atoms with van der Waals surface area (Å²) >= 11 is 0.184. The minimum absolute atomic E-state index is 0.184. The Morgan fingerprint density at radius 3 is 2.73 bits per heavy atom. The van der Waals surface area contributed by atoms with Crippen LogP contribution in [0.15, 0.2) is 29.1 Å². The van der Waals surface area contributed by atoms with Crippen molar-refractivity contribution in [3.63, 3.8) is 0 Å². The van der Waals surface area contributed by atoms with Crippen molar-refractivity contribution < 1.29 is 0 Å². The van der Waals surface area contributed by atoms with Gasteiger partial charge in [0.1, 0.15) is 0 Å². The normalized spacial score (nSPS) is 11.4. The fourth-order valence-electron chi connectivity index (χ4n) is 1.46. The molecule has 80 valence electrons. The van der Waals surface area contributed by atoms with Crippen LogP contribution in [-0.2, 0) is 6.54 Å². The number of hydrogen-bond acceptors (Lipinski definition) is 2. The van der Waals surface area contributed by atoms with Crippen molar-refractivity contribution in [3.8, 4) is 0 Å². The third-order valence-electron chi connectivity index (χ3n) is 2.30. The van der Waals surface area contributed by atoms with E-state index in [1.807, 2.05) is 35.9 Å². The van der Waals surface area contributed by atoms with E-state index >= 15 is 0 Å². The van der Waals surface area contributed by atoms with Gasteiger partial charge in [-0.05, 0) is 0 Å². The predicted molar refractivity (Wildman–Crippen MR) is 63.7 cm³/mol.